The highest BCUT2D eigenvalue weighted by molar-refractivity contribution is 7.17. The highest BCUT2D eigenvalue weighted by Crippen LogP contribution is 2.28. The second-order valence-electron chi connectivity index (χ2n) is 6.07. The number of aromatic nitrogens is 3. The summed E-state index contributed by atoms with van der Waals surface area (Å²) in [7, 11) is 0. The van der Waals surface area contributed by atoms with Gasteiger partial charge >= 0.3 is 0 Å². The maximum absolute atomic E-state index is 12.4. The Morgan fingerprint density at radius 3 is 2.85 bits per heavy atom. The van der Waals surface area contributed by atoms with Gasteiger partial charge in [0.05, 0.1) is 33.8 Å². The Bertz CT molecular complexity index is 1150. The van der Waals surface area contributed by atoms with Gasteiger partial charge in [-0.15, -0.1) is 11.3 Å². The minimum Gasteiger partial charge on any atom is -0.465 e. The van der Waals surface area contributed by atoms with Crippen molar-refractivity contribution < 1.29 is 14.0 Å². The molecule has 27 heavy (non-hydrogen) atoms. The van der Waals surface area contributed by atoms with Gasteiger partial charge in [-0.2, -0.15) is 0 Å². The zero-order valence-electron chi connectivity index (χ0n) is 14.7. The summed E-state index contributed by atoms with van der Waals surface area (Å²) in [6.45, 7) is 3.68. The van der Waals surface area contributed by atoms with Crippen LogP contribution in [0.1, 0.15) is 38.5 Å². The Labute approximate surface area is 158 Å². The van der Waals surface area contributed by atoms with Gasteiger partial charge in [-0.25, -0.2) is 9.97 Å². The third-order valence-electron chi connectivity index (χ3n) is 4.06. The number of amides is 1. The zero-order valence-corrected chi connectivity index (χ0v) is 15.5. The fraction of sp³-hybridized carbons (Fsp3) is 0.158. The highest BCUT2D eigenvalue weighted by atomic mass is 32.1. The minimum absolute atomic E-state index is 0.0768. The average molecular weight is 380 g/mol. The number of nitrogens with zero attached hydrogens (tertiary/aromatic N) is 2. The van der Waals surface area contributed by atoms with Gasteiger partial charge in [0.1, 0.15) is 17.0 Å². The molecule has 0 aliphatic carbocycles. The van der Waals surface area contributed by atoms with Gasteiger partial charge in [-0.3, -0.25) is 9.59 Å². The molecular weight excluding hydrogens is 364 g/mol. The van der Waals surface area contributed by atoms with Gasteiger partial charge in [0, 0.05) is 6.20 Å². The zero-order chi connectivity index (χ0) is 19.0. The third kappa shape index (κ3) is 3.39. The molecule has 136 valence electrons. The molecule has 4 rings (SSSR count). The van der Waals surface area contributed by atoms with Crippen molar-refractivity contribution in [1.82, 2.24) is 20.3 Å². The van der Waals surface area contributed by atoms with Gasteiger partial charge in [0.15, 0.2) is 11.4 Å². The molecule has 1 amide bonds. The number of fused-ring (bicyclic) bond motifs is 1. The summed E-state index contributed by atoms with van der Waals surface area (Å²) < 4.78 is 5.45. The van der Waals surface area contributed by atoms with E-state index in [2.05, 4.69) is 20.3 Å². The lowest BCUT2D eigenvalue weighted by molar-refractivity contribution is 0.0951. The number of hydrogen-bond acceptors (Lipinski definition) is 6. The first-order valence-electron chi connectivity index (χ1n) is 8.30. The predicted molar refractivity (Wildman–Crippen MR) is 102 cm³/mol. The summed E-state index contributed by atoms with van der Waals surface area (Å²) in [5.74, 6) is 1.26. The van der Waals surface area contributed by atoms with Gasteiger partial charge in [-0.05, 0) is 38.1 Å². The summed E-state index contributed by atoms with van der Waals surface area (Å²) in [6.07, 6.45) is 3.24. The van der Waals surface area contributed by atoms with Crippen molar-refractivity contribution in [3.05, 3.63) is 58.6 Å². The van der Waals surface area contributed by atoms with Crippen LogP contribution < -0.4 is 5.32 Å². The Hall–Kier alpha value is -3.26. The molecule has 4 aromatic heterocycles. The monoisotopic (exact) mass is 380 g/mol. The van der Waals surface area contributed by atoms with Crippen molar-refractivity contribution in [3.63, 3.8) is 0 Å². The summed E-state index contributed by atoms with van der Waals surface area (Å²) in [4.78, 5) is 37.2. The largest absolute Gasteiger partial charge is 0.465 e. The van der Waals surface area contributed by atoms with E-state index < -0.39 is 0 Å². The number of aromatic amines is 1. The number of H-pyrrole nitrogens is 1. The normalized spacial score (nSPS) is 11.0. The number of aryl methyl sites for hydroxylation is 1. The van der Waals surface area contributed by atoms with Crippen molar-refractivity contribution in [2.75, 3.05) is 0 Å². The van der Waals surface area contributed by atoms with Crippen LogP contribution in [0, 0.1) is 6.92 Å². The van der Waals surface area contributed by atoms with Crippen LogP contribution in [-0.4, -0.2) is 26.6 Å². The Morgan fingerprint density at radius 2 is 2.11 bits per heavy atom. The predicted octanol–water partition coefficient (Wildman–Crippen LogP) is 3.72. The number of nitrogens with one attached hydrogen (secondary N) is 2. The van der Waals surface area contributed by atoms with Gasteiger partial charge in [0.2, 0.25) is 0 Å². The maximum Gasteiger partial charge on any atom is 0.261 e. The molecule has 0 atom stereocenters. The lowest BCUT2D eigenvalue weighted by Crippen LogP contribution is -2.21. The molecule has 0 saturated heterocycles. The molecule has 0 unspecified atom stereocenters. The maximum atomic E-state index is 12.4. The molecule has 0 fully saturated rings. The molecule has 0 aliphatic heterocycles. The molecule has 0 bridgehead atoms. The standard InChI is InChI=1S/C19H16N4O3S/c1-10-3-4-12(26-10)7-22-19(25)16-6-5-15(27-16)14-9-21-18-17(23-14)13(8-20-18)11(2)24/h3-6,8-9H,7H2,1-2H3,(H,20,21)(H,22,25). The Kier molecular flexibility index (Phi) is 4.33. The molecule has 4 aromatic rings. The number of carbonyl (C=O) groups is 2. The van der Waals surface area contributed by atoms with Crippen molar-refractivity contribution in [3.8, 4) is 10.6 Å². The van der Waals surface area contributed by atoms with Crippen LogP contribution in [0.15, 0.2) is 41.1 Å². The average Bonchev–Trinajstić information content (AvgIpc) is 3.38. The SMILES string of the molecule is CC(=O)c1c[nH]c2ncc(-c3ccc(C(=O)NCc4ccc(C)o4)s3)nc12. The molecule has 8 heteroatoms. The molecule has 0 spiro atoms. The summed E-state index contributed by atoms with van der Waals surface area (Å²) in [5.41, 5.74) is 2.22. The van der Waals surface area contributed by atoms with E-state index in [0.717, 1.165) is 10.6 Å². The second kappa shape index (κ2) is 6.81. The van der Waals surface area contributed by atoms with Crippen LogP contribution >= 0.6 is 11.3 Å². The number of furan rings is 1. The van der Waals surface area contributed by atoms with E-state index >= 15 is 0 Å². The van der Waals surface area contributed by atoms with Crippen molar-refractivity contribution in [2.45, 2.75) is 20.4 Å². The summed E-state index contributed by atoms with van der Waals surface area (Å²) >= 11 is 1.32. The van der Waals surface area contributed by atoms with E-state index in [0.29, 0.717) is 39.6 Å². The first kappa shape index (κ1) is 17.2. The van der Waals surface area contributed by atoms with Gasteiger partial charge < -0.3 is 14.7 Å². The quantitative estimate of drug-likeness (QED) is 0.514. The lowest BCUT2D eigenvalue weighted by Gasteiger charge is -2.01. The molecule has 2 N–H and O–H groups in total. The first-order chi connectivity index (χ1) is 13.0. The molecule has 4 heterocycles. The summed E-state index contributed by atoms with van der Waals surface area (Å²) in [5, 5.41) is 2.83. The van der Waals surface area contributed by atoms with Gasteiger partial charge in [-0.1, -0.05) is 0 Å². The highest BCUT2D eigenvalue weighted by Gasteiger charge is 2.15. The van der Waals surface area contributed by atoms with Crippen molar-refractivity contribution in [1.29, 1.82) is 0 Å². The van der Waals surface area contributed by atoms with E-state index in [9.17, 15) is 9.59 Å². The third-order valence-corrected chi connectivity index (χ3v) is 5.17. The number of carbonyl (C=O) groups excluding carboxylic acids is 2. The molecule has 7 nitrogen and oxygen atoms in total. The summed E-state index contributed by atoms with van der Waals surface area (Å²) in [6, 6.07) is 7.27. The van der Waals surface area contributed by atoms with E-state index in [1.54, 1.807) is 18.5 Å². The molecular formula is C19H16N4O3S. The molecule has 0 aliphatic rings. The van der Waals surface area contributed by atoms with Gasteiger partial charge in [0.25, 0.3) is 5.91 Å². The van der Waals surface area contributed by atoms with E-state index in [-0.39, 0.29) is 11.7 Å². The van der Waals surface area contributed by atoms with Crippen molar-refractivity contribution >= 4 is 34.2 Å². The van der Waals surface area contributed by atoms with E-state index in [1.807, 2.05) is 25.1 Å². The van der Waals surface area contributed by atoms with Crippen LogP contribution in [0.5, 0.6) is 0 Å². The van der Waals surface area contributed by atoms with Crippen LogP contribution in [0.4, 0.5) is 0 Å². The number of hydrogen-bond donors (Lipinski definition) is 2. The van der Waals surface area contributed by atoms with E-state index in [1.165, 1.54) is 18.3 Å². The molecule has 0 saturated carbocycles. The minimum atomic E-state index is -0.180. The lowest BCUT2D eigenvalue weighted by atomic mass is 10.2. The fourth-order valence-electron chi connectivity index (χ4n) is 2.71. The van der Waals surface area contributed by atoms with Crippen LogP contribution in [0.2, 0.25) is 0 Å². The topological polar surface area (TPSA) is 101 Å². The second-order valence-corrected chi connectivity index (χ2v) is 7.15. The molecule has 0 radical (unpaired) electrons. The Morgan fingerprint density at radius 1 is 1.26 bits per heavy atom. The number of rotatable bonds is 5. The molecule has 0 aromatic carbocycles. The van der Waals surface area contributed by atoms with Crippen LogP contribution in [0.25, 0.3) is 21.7 Å². The fourth-order valence-corrected chi connectivity index (χ4v) is 3.59. The smallest absolute Gasteiger partial charge is 0.261 e. The number of ketones is 1. The van der Waals surface area contributed by atoms with Crippen LogP contribution in [-0.2, 0) is 6.54 Å². The number of thiophene rings is 1. The van der Waals surface area contributed by atoms with E-state index in [4.69, 9.17) is 4.42 Å². The number of Topliss-reactive ketones (excluding diaryl/α,β-unsaturated/α-hetero) is 1. The van der Waals surface area contributed by atoms with Crippen molar-refractivity contribution in [2.24, 2.45) is 0 Å². The first-order valence-corrected chi connectivity index (χ1v) is 9.11. The Balaban J connectivity index is 1.55. The van der Waals surface area contributed by atoms with Crippen LogP contribution in [0.3, 0.4) is 0 Å².